The van der Waals surface area contributed by atoms with Crippen LogP contribution in [0.1, 0.15) is 67.1 Å². The highest BCUT2D eigenvalue weighted by Crippen LogP contribution is 2.36. The lowest BCUT2D eigenvalue weighted by atomic mass is 10.0. The molecule has 0 spiro atoms. The molecular formula is C16H22O2S2. The van der Waals surface area contributed by atoms with Crippen LogP contribution in [-0.2, 0) is 6.42 Å². The first-order chi connectivity index (χ1) is 9.74. The summed E-state index contributed by atoms with van der Waals surface area (Å²) < 4.78 is 2.32. The average molecular weight is 310 g/mol. The van der Waals surface area contributed by atoms with Gasteiger partial charge in [0, 0.05) is 9.40 Å². The molecule has 0 aliphatic heterocycles. The third kappa shape index (κ3) is 3.83. The van der Waals surface area contributed by atoms with Crippen molar-refractivity contribution in [2.45, 2.75) is 58.3 Å². The zero-order valence-corrected chi connectivity index (χ0v) is 13.6. The van der Waals surface area contributed by atoms with Gasteiger partial charge in [-0.3, -0.25) is 0 Å². The van der Waals surface area contributed by atoms with Crippen LogP contribution in [0.3, 0.4) is 0 Å². The Morgan fingerprint density at radius 1 is 1.15 bits per heavy atom. The molecule has 2 nitrogen and oxygen atoms in total. The van der Waals surface area contributed by atoms with Gasteiger partial charge in [-0.1, -0.05) is 45.4 Å². The topological polar surface area (TPSA) is 37.3 Å². The monoisotopic (exact) mass is 310 g/mol. The van der Waals surface area contributed by atoms with Gasteiger partial charge in [-0.15, -0.1) is 22.7 Å². The first-order valence-electron chi connectivity index (χ1n) is 7.46. The van der Waals surface area contributed by atoms with Crippen molar-refractivity contribution in [2.24, 2.45) is 0 Å². The summed E-state index contributed by atoms with van der Waals surface area (Å²) in [7, 11) is 0. The molecule has 0 aromatic carbocycles. The van der Waals surface area contributed by atoms with Crippen molar-refractivity contribution < 1.29 is 9.90 Å². The second kappa shape index (κ2) is 7.79. The number of unbranched alkanes of at least 4 members (excludes halogenated alkanes) is 6. The number of aryl methyl sites for hydroxylation is 1. The van der Waals surface area contributed by atoms with E-state index in [1.807, 2.05) is 6.07 Å². The molecular weight excluding hydrogens is 288 g/mol. The summed E-state index contributed by atoms with van der Waals surface area (Å²) in [6.45, 7) is 2.23. The summed E-state index contributed by atoms with van der Waals surface area (Å²) in [5.41, 5.74) is 1.07. The van der Waals surface area contributed by atoms with E-state index in [0.717, 1.165) is 23.1 Å². The largest absolute Gasteiger partial charge is 0.477 e. The van der Waals surface area contributed by atoms with Crippen LogP contribution in [-0.4, -0.2) is 11.1 Å². The van der Waals surface area contributed by atoms with Gasteiger partial charge < -0.3 is 5.11 Å². The molecule has 20 heavy (non-hydrogen) atoms. The Hall–Kier alpha value is -0.870. The molecule has 4 heteroatoms. The van der Waals surface area contributed by atoms with Crippen LogP contribution in [0.2, 0.25) is 0 Å². The van der Waals surface area contributed by atoms with E-state index in [1.165, 1.54) is 54.6 Å². The first kappa shape index (κ1) is 15.5. The first-order valence-corrected chi connectivity index (χ1v) is 9.15. The molecule has 110 valence electrons. The van der Waals surface area contributed by atoms with Crippen LogP contribution in [0.25, 0.3) is 9.40 Å². The molecule has 0 saturated heterocycles. The molecule has 0 saturated carbocycles. The van der Waals surface area contributed by atoms with Gasteiger partial charge in [-0.25, -0.2) is 4.79 Å². The molecule has 0 fully saturated rings. The number of carboxylic acid groups (broad SMARTS) is 1. The SMILES string of the molecule is CCCCCCCCCc1c(C(=O)O)sc2ccsc12. The van der Waals surface area contributed by atoms with Crippen LogP contribution in [0.15, 0.2) is 11.4 Å². The van der Waals surface area contributed by atoms with E-state index in [1.54, 1.807) is 11.3 Å². The van der Waals surface area contributed by atoms with Crippen LogP contribution >= 0.6 is 22.7 Å². The molecule has 0 aliphatic carbocycles. The van der Waals surface area contributed by atoms with Gasteiger partial charge in [0.05, 0.1) is 0 Å². The maximum Gasteiger partial charge on any atom is 0.346 e. The highest BCUT2D eigenvalue weighted by molar-refractivity contribution is 7.28. The molecule has 2 rings (SSSR count). The molecule has 2 heterocycles. The van der Waals surface area contributed by atoms with E-state index < -0.39 is 5.97 Å². The summed E-state index contributed by atoms with van der Waals surface area (Å²) in [5, 5.41) is 11.4. The number of fused-ring (bicyclic) bond motifs is 1. The Morgan fingerprint density at radius 2 is 1.85 bits per heavy atom. The van der Waals surface area contributed by atoms with E-state index in [-0.39, 0.29) is 0 Å². The number of carbonyl (C=O) groups is 1. The fourth-order valence-corrected chi connectivity index (χ4v) is 4.81. The van der Waals surface area contributed by atoms with Crippen molar-refractivity contribution in [1.82, 2.24) is 0 Å². The third-order valence-corrected chi connectivity index (χ3v) is 5.90. The maximum atomic E-state index is 11.3. The van der Waals surface area contributed by atoms with Crippen molar-refractivity contribution in [3.8, 4) is 0 Å². The Labute approximate surface area is 128 Å². The van der Waals surface area contributed by atoms with Gasteiger partial charge >= 0.3 is 5.97 Å². The van der Waals surface area contributed by atoms with Crippen molar-refractivity contribution in [1.29, 1.82) is 0 Å². The van der Waals surface area contributed by atoms with Gasteiger partial charge in [0.2, 0.25) is 0 Å². The van der Waals surface area contributed by atoms with Gasteiger partial charge in [0.1, 0.15) is 4.88 Å². The van der Waals surface area contributed by atoms with Crippen molar-refractivity contribution in [2.75, 3.05) is 0 Å². The van der Waals surface area contributed by atoms with Crippen molar-refractivity contribution in [3.63, 3.8) is 0 Å². The predicted octanol–water partition coefficient (Wildman–Crippen LogP) is 5.95. The molecule has 2 aromatic rings. The zero-order chi connectivity index (χ0) is 14.4. The number of hydrogen-bond donors (Lipinski definition) is 1. The maximum absolute atomic E-state index is 11.3. The number of carboxylic acids is 1. The fourth-order valence-electron chi connectivity index (χ4n) is 2.53. The van der Waals surface area contributed by atoms with Gasteiger partial charge in [0.25, 0.3) is 0 Å². The minimum Gasteiger partial charge on any atom is -0.477 e. The number of thiophene rings is 2. The number of hydrogen-bond acceptors (Lipinski definition) is 3. The molecule has 0 unspecified atom stereocenters. The van der Waals surface area contributed by atoms with E-state index >= 15 is 0 Å². The molecule has 0 atom stereocenters. The van der Waals surface area contributed by atoms with E-state index in [0.29, 0.717) is 4.88 Å². The summed E-state index contributed by atoms with van der Waals surface area (Å²) in [4.78, 5) is 11.9. The van der Waals surface area contributed by atoms with E-state index in [9.17, 15) is 9.90 Å². The Kier molecular flexibility index (Phi) is 6.05. The fraction of sp³-hybridized carbons (Fsp3) is 0.562. The van der Waals surface area contributed by atoms with E-state index in [4.69, 9.17) is 0 Å². The summed E-state index contributed by atoms with van der Waals surface area (Å²) in [5.74, 6) is -0.767. The van der Waals surface area contributed by atoms with Crippen molar-refractivity contribution in [3.05, 3.63) is 21.9 Å². The smallest absolute Gasteiger partial charge is 0.346 e. The molecule has 0 radical (unpaired) electrons. The molecule has 2 aromatic heterocycles. The lowest BCUT2D eigenvalue weighted by Crippen LogP contribution is -1.97. The van der Waals surface area contributed by atoms with E-state index in [2.05, 4.69) is 12.3 Å². The van der Waals surface area contributed by atoms with Crippen LogP contribution in [0, 0.1) is 0 Å². The lowest BCUT2D eigenvalue weighted by molar-refractivity contribution is 0.0701. The third-order valence-electron chi connectivity index (χ3n) is 3.61. The molecule has 0 amide bonds. The van der Waals surface area contributed by atoms with Crippen LogP contribution in [0.5, 0.6) is 0 Å². The lowest BCUT2D eigenvalue weighted by Gasteiger charge is -2.02. The summed E-state index contributed by atoms with van der Waals surface area (Å²) in [6.07, 6.45) is 9.79. The Balaban J connectivity index is 1.87. The predicted molar refractivity (Wildman–Crippen MR) is 88.4 cm³/mol. The Bertz CT molecular complexity index is 554. The second-order valence-electron chi connectivity index (χ2n) is 5.20. The zero-order valence-electron chi connectivity index (χ0n) is 12.0. The van der Waals surface area contributed by atoms with Crippen molar-refractivity contribution >= 4 is 38.0 Å². The quantitative estimate of drug-likeness (QED) is 0.581. The van der Waals surface area contributed by atoms with Gasteiger partial charge in [-0.05, 0) is 29.9 Å². The second-order valence-corrected chi connectivity index (χ2v) is 7.17. The highest BCUT2D eigenvalue weighted by Gasteiger charge is 2.17. The van der Waals surface area contributed by atoms with Crippen LogP contribution in [0.4, 0.5) is 0 Å². The minimum absolute atomic E-state index is 0.554. The molecule has 1 N–H and O–H groups in total. The Morgan fingerprint density at radius 3 is 2.55 bits per heavy atom. The highest BCUT2D eigenvalue weighted by atomic mass is 32.1. The van der Waals surface area contributed by atoms with Gasteiger partial charge in [0.15, 0.2) is 0 Å². The molecule has 0 aliphatic rings. The standard InChI is InChI=1S/C16H22O2S2/c1-2-3-4-5-6-7-8-9-12-14-13(10-11-19-14)20-15(12)16(17)18/h10-11H,2-9H2,1H3,(H,17,18). The number of rotatable bonds is 9. The summed E-state index contributed by atoms with van der Waals surface area (Å²) >= 11 is 3.10. The average Bonchev–Trinajstić information content (AvgIpc) is 2.99. The van der Waals surface area contributed by atoms with Crippen LogP contribution < -0.4 is 0 Å². The van der Waals surface area contributed by atoms with Gasteiger partial charge in [-0.2, -0.15) is 0 Å². The normalized spacial score (nSPS) is 11.2. The number of aromatic carboxylic acids is 1. The minimum atomic E-state index is -0.767. The summed E-state index contributed by atoms with van der Waals surface area (Å²) in [6, 6.07) is 2.03. The molecule has 0 bridgehead atoms.